The minimum Gasteiger partial charge on any atom is -0.437 e. The SMILES string of the molecule is O=C(Nc1cccc(Oc2cnccn2)c1)[C@@H]1CCCN(C(=O)N2CCCC2)C1. The van der Waals surface area contributed by atoms with Crippen molar-refractivity contribution < 1.29 is 14.3 Å². The molecule has 1 atom stereocenters. The van der Waals surface area contributed by atoms with Crippen LogP contribution in [0.15, 0.2) is 42.9 Å². The van der Waals surface area contributed by atoms with Crippen molar-refractivity contribution in [2.75, 3.05) is 31.5 Å². The Balaban J connectivity index is 1.36. The van der Waals surface area contributed by atoms with E-state index in [-0.39, 0.29) is 17.9 Å². The van der Waals surface area contributed by atoms with Crippen LogP contribution in [0.3, 0.4) is 0 Å². The number of carbonyl (C=O) groups excluding carboxylic acids is 2. The molecule has 1 N–H and O–H groups in total. The Morgan fingerprint density at radius 1 is 1.07 bits per heavy atom. The van der Waals surface area contributed by atoms with Crippen LogP contribution in [-0.2, 0) is 4.79 Å². The number of nitrogens with one attached hydrogen (secondary N) is 1. The van der Waals surface area contributed by atoms with Gasteiger partial charge in [0.25, 0.3) is 0 Å². The number of hydrogen-bond donors (Lipinski definition) is 1. The second kappa shape index (κ2) is 8.89. The molecular formula is C21H25N5O3. The molecule has 152 valence electrons. The molecule has 4 rings (SSSR count). The highest BCUT2D eigenvalue weighted by Gasteiger charge is 2.31. The Morgan fingerprint density at radius 3 is 2.69 bits per heavy atom. The normalized spacial score (nSPS) is 19.1. The summed E-state index contributed by atoms with van der Waals surface area (Å²) in [6.45, 7) is 2.84. The van der Waals surface area contributed by atoms with Crippen molar-refractivity contribution in [3.05, 3.63) is 42.9 Å². The second-order valence-electron chi connectivity index (χ2n) is 7.42. The van der Waals surface area contributed by atoms with Gasteiger partial charge in [0.2, 0.25) is 11.8 Å². The quantitative estimate of drug-likeness (QED) is 0.859. The van der Waals surface area contributed by atoms with Gasteiger partial charge in [-0.05, 0) is 37.8 Å². The molecule has 0 saturated carbocycles. The van der Waals surface area contributed by atoms with Crippen molar-refractivity contribution in [2.45, 2.75) is 25.7 Å². The van der Waals surface area contributed by atoms with Crippen molar-refractivity contribution in [3.63, 3.8) is 0 Å². The first-order chi connectivity index (χ1) is 14.2. The first-order valence-electron chi connectivity index (χ1n) is 10.1. The van der Waals surface area contributed by atoms with Crippen LogP contribution in [0.5, 0.6) is 11.6 Å². The lowest BCUT2D eigenvalue weighted by atomic mass is 9.97. The summed E-state index contributed by atoms with van der Waals surface area (Å²) in [5.74, 6) is 0.678. The lowest BCUT2D eigenvalue weighted by Gasteiger charge is -2.34. The fraction of sp³-hybridized carbons (Fsp3) is 0.429. The first-order valence-corrected chi connectivity index (χ1v) is 10.1. The van der Waals surface area contributed by atoms with Crippen LogP contribution >= 0.6 is 0 Å². The molecule has 0 radical (unpaired) electrons. The van der Waals surface area contributed by atoms with E-state index >= 15 is 0 Å². The second-order valence-corrected chi connectivity index (χ2v) is 7.42. The van der Waals surface area contributed by atoms with E-state index in [0.29, 0.717) is 23.9 Å². The molecular weight excluding hydrogens is 370 g/mol. The van der Waals surface area contributed by atoms with E-state index in [1.807, 2.05) is 21.9 Å². The lowest BCUT2D eigenvalue weighted by molar-refractivity contribution is -0.121. The maximum absolute atomic E-state index is 12.8. The molecule has 8 nitrogen and oxygen atoms in total. The molecule has 2 fully saturated rings. The Kier molecular flexibility index (Phi) is 5.88. The van der Waals surface area contributed by atoms with Crippen LogP contribution in [0.2, 0.25) is 0 Å². The summed E-state index contributed by atoms with van der Waals surface area (Å²) in [6, 6.07) is 7.24. The number of aromatic nitrogens is 2. The Labute approximate surface area is 169 Å². The molecule has 0 bridgehead atoms. The maximum Gasteiger partial charge on any atom is 0.320 e. The van der Waals surface area contributed by atoms with Gasteiger partial charge in [-0.15, -0.1) is 0 Å². The zero-order chi connectivity index (χ0) is 20.1. The van der Waals surface area contributed by atoms with Gasteiger partial charge in [0.05, 0.1) is 12.1 Å². The summed E-state index contributed by atoms with van der Waals surface area (Å²) in [6.07, 6.45) is 8.41. The van der Waals surface area contributed by atoms with Gasteiger partial charge in [-0.25, -0.2) is 9.78 Å². The number of hydrogen-bond acceptors (Lipinski definition) is 5. The van der Waals surface area contributed by atoms with Crippen molar-refractivity contribution >= 4 is 17.6 Å². The molecule has 2 aromatic rings. The molecule has 3 amide bonds. The smallest absolute Gasteiger partial charge is 0.320 e. The fourth-order valence-corrected chi connectivity index (χ4v) is 3.81. The van der Waals surface area contributed by atoms with Gasteiger partial charge in [0.1, 0.15) is 5.75 Å². The number of likely N-dealkylation sites (tertiary alicyclic amines) is 2. The highest BCUT2D eigenvalue weighted by atomic mass is 16.5. The summed E-state index contributed by atoms with van der Waals surface area (Å²) in [5, 5.41) is 2.96. The third-order valence-electron chi connectivity index (χ3n) is 5.30. The van der Waals surface area contributed by atoms with Crippen LogP contribution in [0.25, 0.3) is 0 Å². The lowest BCUT2D eigenvalue weighted by Crippen LogP contribution is -2.48. The first kappa shape index (κ1) is 19.2. The van der Waals surface area contributed by atoms with E-state index in [2.05, 4.69) is 15.3 Å². The van der Waals surface area contributed by atoms with E-state index in [4.69, 9.17) is 4.74 Å². The highest BCUT2D eigenvalue weighted by Crippen LogP contribution is 2.24. The van der Waals surface area contributed by atoms with Crippen molar-refractivity contribution in [1.29, 1.82) is 0 Å². The minimum atomic E-state index is -0.208. The molecule has 2 saturated heterocycles. The van der Waals surface area contributed by atoms with E-state index in [0.717, 1.165) is 45.3 Å². The van der Waals surface area contributed by atoms with Gasteiger partial charge in [-0.2, -0.15) is 0 Å². The van der Waals surface area contributed by atoms with Gasteiger partial charge in [-0.3, -0.25) is 9.78 Å². The topological polar surface area (TPSA) is 87.7 Å². The number of amides is 3. The summed E-state index contributed by atoms with van der Waals surface area (Å²) < 4.78 is 5.67. The third-order valence-corrected chi connectivity index (χ3v) is 5.30. The zero-order valence-electron chi connectivity index (χ0n) is 16.3. The minimum absolute atomic E-state index is 0.0689. The number of carbonyl (C=O) groups is 2. The molecule has 8 heteroatoms. The van der Waals surface area contributed by atoms with E-state index in [1.165, 1.54) is 6.20 Å². The molecule has 0 spiro atoms. The molecule has 1 aromatic carbocycles. The third kappa shape index (κ3) is 4.82. The number of nitrogens with zero attached hydrogens (tertiary/aromatic N) is 4. The number of piperidine rings is 1. The van der Waals surface area contributed by atoms with Gasteiger partial charge < -0.3 is 19.9 Å². The summed E-state index contributed by atoms with van der Waals surface area (Å²) >= 11 is 0. The van der Waals surface area contributed by atoms with Crippen molar-refractivity contribution in [3.8, 4) is 11.6 Å². The number of ether oxygens (including phenoxy) is 1. The predicted octanol–water partition coefficient (Wildman–Crippen LogP) is 3.14. The summed E-state index contributed by atoms with van der Waals surface area (Å²) in [4.78, 5) is 37.2. The summed E-state index contributed by atoms with van der Waals surface area (Å²) in [5.41, 5.74) is 0.652. The average Bonchev–Trinajstić information content (AvgIpc) is 3.29. The summed E-state index contributed by atoms with van der Waals surface area (Å²) in [7, 11) is 0. The van der Waals surface area contributed by atoms with Crippen molar-refractivity contribution in [1.82, 2.24) is 19.8 Å². The molecule has 3 heterocycles. The van der Waals surface area contributed by atoms with Crippen LogP contribution in [-0.4, -0.2) is 57.9 Å². The Bertz CT molecular complexity index is 854. The average molecular weight is 395 g/mol. The van der Waals surface area contributed by atoms with Crippen molar-refractivity contribution in [2.24, 2.45) is 5.92 Å². The van der Waals surface area contributed by atoms with E-state index in [9.17, 15) is 9.59 Å². The molecule has 0 aliphatic carbocycles. The highest BCUT2D eigenvalue weighted by molar-refractivity contribution is 5.93. The van der Waals surface area contributed by atoms with Gasteiger partial charge >= 0.3 is 6.03 Å². The van der Waals surface area contributed by atoms with Crippen LogP contribution < -0.4 is 10.1 Å². The maximum atomic E-state index is 12.8. The number of benzene rings is 1. The van der Waals surface area contributed by atoms with Crippen LogP contribution in [0.1, 0.15) is 25.7 Å². The van der Waals surface area contributed by atoms with Gasteiger partial charge in [-0.1, -0.05) is 6.07 Å². The monoisotopic (exact) mass is 395 g/mol. The standard InChI is InChI=1S/C21H25N5O3/c27-20(16-5-4-12-26(15-16)21(28)25-10-1-2-11-25)24-17-6-3-7-18(13-17)29-19-14-22-8-9-23-19/h3,6-9,13-14,16H,1-2,4-5,10-12,15H2,(H,24,27)/t16-/m1/s1. The molecule has 2 aliphatic rings. The number of rotatable bonds is 4. The van der Waals surface area contributed by atoms with E-state index < -0.39 is 0 Å². The fourth-order valence-electron chi connectivity index (χ4n) is 3.81. The molecule has 2 aliphatic heterocycles. The Hall–Kier alpha value is -3.16. The number of anilines is 1. The number of urea groups is 1. The largest absolute Gasteiger partial charge is 0.437 e. The van der Waals surface area contributed by atoms with Gasteiger partial charge in [0, 0.05) is 50.3 Å². The van der Waals surface area contributed by atoms with E-state index in [1.54, 1.807) is 24.5 Å². The molecule has 29 heavy (non-hydrogen) atoms. The molecule has 1 aromatic heterocycles. The Morgan fingerprint density at radius 2 is 1.90 bits per heavy atom. The predicted molar refractivity (Wildman–Crippen MR) is 108 cm³/mol. The zero-order valence-corrected chi connectivity index (χ0v) is 16.3. The van der Waals surface area contributed by atoms with Crippen LogP contribution in [0.4, 0.5) is 10.5 Å². The van der Waals surface area contributed by atoms with Gasteiger partial charge in [0.15, 0.2) is 0 Å². The van der Waals surface area contributed by atoms with Crippen LogP contribution in [0, 0.1) is 5.92 Å². The molecule has 0 unspecified atom stereocenters.